The molecule has 3 unspecified atom stereocenters. The summed E-state index contributed by atoms with van der Waals surface area (Å²) in [5.74, 6) is 0. The Morgan fingerprint density at radius 3 is 2.58 bits per heavy atom. The average Bonchev–Trinajstić information content (AvgIpc) is 3.36. The summed E-state index contributed by atoms with van der Waals surface area (Å²) in [5, 5.41) is 31.7. The van der Waals surface area contributed by atoms with E-state index >= 15 is 0 Å². The molecule has 0 amide bonds. The first-order valence-electron chi connectivity index (χ1n) is 12.3. The Bertz CT molecular complexity index is 1250. The third-order valence-electron chi connectivity index (χ3n) is 6.50. The zero-order valence-electron chi connectivity index (χ0n) is 20.9. The molecule has 6 nitrogen and oxygen atoms in total. The number of hydrogen-bond acceptors (Lipinski definition) is 8. The lowest BCUT2D eigenvalue weighted by Gasteiger charge is -2.30. The summed E-state index contributed by atoms with van der Waals surface area (Å²) in [6, 6.07) is 19.7. The van der Waals surface area contributed by atoms with Gasteiger partial charge in [-0.25, -0.2) is 0 Å². The van der Waals surface area contributed by atoms with Gasteiger partial charge in [0.1, 0.15) is 11.0 Å². The van der Waals surface area contributed by atoms with E-state index in [0.717, 1.165) is 34.0 Å². The number of aliphatic hydroxyl groups is 2. The molecule has 0 spiro atoms. The van der Waals surface area contributed by atoms with Crippen LogP contribution in [-0.4, -0.2) is 48.3 Å². The lowest BCUT2D eigenvalue weighted by molar-refractivity contribution is -0.186. The van der Waals surface area contributed by atoms with Gasteiger partial charge in [0.25, 0.3) is 0 Å². The molecule has 0 aliphatic carbocycles. The highest BCUT2D eigenvalue weighted by Gasteiger charge is 2.26. The normalized spacial score (nSPS) is 20.7. The maximum atomic E-state index is 9.81. The molecule has 3 N–H and O–H groups in total. The average molecular weight is 524 g/mol. The Morgan fingerprint density at radius 2 is 1.86 bits per heavy atom. The molecule has 3 atom stereocenters. The fraction of sp³-hybridized carbons (Fsp3) is 0.393. The van der Waals surface area contributed by atoms with Crippen LogP contribution < -0.4 is 9.62 Å². The molecule has 3 aromatic rings. The highest BCUT2D eigenvalue weighted by Crippen LogP contribution is 2.36. The van der Waals surface area contributed by atoms with Gasteiger partial charge >= 0.3 is 0 Å². The molecule has 1 fully saturated rings. The fourth-order valence-corrected chi connectivity index (χ4v) is 6.26. The molecule has 8 heteroatoms. The Hall–Kier alpha value is -2.38. The number of fused-ring (bicyclic) bond motifs is 1. The number of aliphatic hydroxyl groups excluding tert-OH is 2. The van der Waals surface area contributed by atoms with Crippen LogP contribution in [-0.2, 0) is 4.74 Å². The molecule has 0 radical (unpaired) electrons. The third-order valence-corrected chi connectivity index (χ3v) is 8.66. The molecule has 1 saturated heterocycles. The van der Waals surface area contributed by atoms with E-state index in [2.05, 4.69) is 78.1 Å². The largest absolute Gasteiger partial charge is 0.393 e. The molecule has 2 aromatic carbocycles. The van der Waals surface area contributed by atoms with Crippen molar-refractivity contribution < 1.29 is 14.9 Å². The van der Waals surface area contributed by atoms with Crippen molar-refractivity contribution in [3.05, 3.63) is 58.3 Å². The lowest BCUT2D eigenvalue weighted by atomic mass is 10.0. The van der Waals surface area contributed by atoms with Crippen molar-refractivity contribution in [3.63, 3.8) is 0 Å². The topological polar surface area (TPSA) is 88.8 Å². The minimum atomic E-state index is -0.942. The Balaban J connectivity index is 1.46. The number of allylic oxidation sites excluding steroid dienone is 2. The van der Waals surface area contributed by atoms with Gasteiger partial charge in [0.2, 0.25) is 0 Å². The SMILES string of the molecule is CCN(CC)c1ccc2cc(-c3ccc(/C(C)=C(\C#N)SNCC4CC(O)CC(O)O4)s3)ccc2c1. The summed E-state index contributed by atoms with van der Waals surface area (Å²) in [7, 11) is 0. The van der Waals surface area contributed by atoms with Gasteiger partial charge in [-0.1, -0.05) is 18.2 Å². The van der Waals surface area contributed by atoms with E-state index in [4.69, 9.17) is 4.74 Å². The second kappa shape index (κ2) is 12.2. The summed E-state index contributed by atoms with van der Waals surface area (Å²) < 4.78 is 8.62. The van der Waals surface area contributed by atoms with E-state index in [0.29, 0.717) is 17.9 Å². The Morgan fingerprint density at radius 1 is 1.11 bits per heavy atom. The third kappa shape index (κ3) is 6.30. The fourth-order valence-electron chi connectivity index (χ4n) is 4.47. The van der Waals surface area contributed by atoms with Gasteiger partial charge in [-0.2, -0.15) is 5.26 Å². The van der Waals surface area contributed by atoms with Crippen molar-refractivity contribution in [3.8, 4) is 16.5 Å². The zero-order chi connectivity index (χ0) is 25.7. The number of ether oxygens (including phenoxy) is 1. The van der Waals surface area contributed by atoms with E-state index in [1.54, 1.807) is 11.3 Å². The summed E-state index contributed by atoms with van der Waals surface area (Å²) in [6.07, 6.45) is -1.10. The number of nitrogens with zero attached hydrogens (tertiary/aromatic N) is 2. The second-order valence-electron chi connectivity index (χ2n) is 8.94. The molecule has 0 saturated carbocycles. The van der Waals surface area contributed by atoms with E-state index in [-0.39, 0.29) is 12.5 Å². The van der Waals surface area contributed by atoms with Gasteiger partial charge in [0.05, 0.1) is 12.2 Å². The second-order valence-corrected chi connectivity index (χ2v) is 10.9. The van der Waals surface area contributed by atoms with Crippen molar-refractivity contribution >= 4 is 45.3 Å². The summed E-state index contributed by atoms with van der Waals surface area (Å²) in [6.45, 7) is 8.72. The first-order chi connectivity index (χ1) is 17.4. The van der Waals surface area contributed by atoms with Crippen LogP contribution in [0.3, 0.4) is 0 Å². The molecule has 4 rings (SSSR count). The number of thiophene rings is 1. The van der Waals surface area contributed by atoms with Crippen molar-refractivity contribution in [2.75, 3.05) is 24.5 Å². The first-order valence-corrected chi connectivity index (χ1v) is 14.0. The van der Waals surface area contributed by atoms with Crippen LogP contribution >= 0.6 is 23.3 Å². The minimum absolute atomic E-state index is 0.237. The van der Waals surface area contributed by atoms with E-state index < -0.39 is 12.4 Å². The predicted octanol–water partition coefficient (Wildman–Crippen LogP) is 5.77. The summed E-state index contributed by atoms with van der Waals surface area (Å²) in [4.78, 5) is 5.14. The van der Waals surface area contributed by atoms with E-state index in [9.17, 15) is 15.5 Å². The summed E-state index contributed by atoms with van der Waals surface area (Å²) >= 11 is 2.94. The summed E-state index contributed by atoms with van der Waals surface area (Å²) in [5.41, 5.74) is 3.33. The van der Waals surface area contributed by atoms with Crippen LogP contribution in [0.1, 0.15) is 38.5 Å². The zero-order valence-corrected chi connectivity index (χ0v) is 22.5. The molecule has 0 bridgehead atoms. The highest BCUT2D eigenvalue weighted by atomic mass is 32.2. The molecular weight excluding hydrogens is 490 g/mol. The van der Waals surface area contributed by atoms with Gasteiger partial charge in [0, 0.05) is 47.9 Å². The number of hydrogen-bond donors (Lipinski definition) is 3. The Labute approximate surface area is 221 Å². The van der Waals surface area contributed by atoms with Gasteiger partial charge in [-0.15, -0.1) is 11.3 Å². The highest BCUT2D eigenvalue weighted by molar-refractivity contribution is 8.01. The number of rotatable bonds is 9. The van der Waals surface area contributed by atoms with Gasteiger partial charge in [-0.05, 0) is 85.0 Å². The van der Waals surface area contributed by atoms with Gasteiger partial charge in [-0.3, -0.25) is 4.72 Å². The molecular formula is C28H33N3O3S2. The van der Waals surface area contributed by atoms with Gasteiger partial charge < -0.3 is 19.8 Å². The molecule has 1 aliphatic rings. The number of benzene rings is 2. The van der Waals surface area contributed by atoms with Crippen LogP contribution in [0, 0.1) is 11.3 Å². The number of nitrogens with one attached hydrogen (secondary N) is 1. The lowest BCUT2D eigenvalue weighted by Crippen LogP contribution is -2.39. The molecule has 190 valence electrons. The van der Waals surface area contributed by atoms with Crippen molar-refractivity contribution in [2.45, 2.75) is 52.1 Å². The number of nitriles is 1. The first kappa shape index (κ1) is 26.7. The standard InChI is InChI=1S/C28H33N3O3S2/c1-4-31(5-2)22-9-8-19-12-21(7-6-20(19)13-22)26-11-10-25(35-26)18(3)27(16-29)36-30-17-24-14-23(32)15-28(33)34-24/h6-13,23-24,28,30,32-33H,4-5,14-15,17H2,1-3H3/b27-18+. The minimum Gasteiger partial charge on any atom is -0.393 e. The van der Waals surface area contributed by atoms with Crippen molar-refractivity contribution in [2.24, 2.45) is 0 Å². The van der Waals surface area contributed by atoms with Gasteiger partial charge in [0.15, 0.2) is 6.29 Å². The predicted molar refractivity (Wildman–Crippen MR) is 151 cm³/mol. The van der Waals surface area contributed by atoms with Crippen LogP contribution in [0.2, 0.25) is 0 Å². The van der Waals surface area contributed by atoms with Crippen LogP contribution in [0.25, 0.3) is 26.8 Å². The maximum Gasteiger partial charge on any atom is 0.157 e. The molecule has 2 heterocycles. The van der Waals surface area contributed by atoms with Crippen molar-refractivity contribution in [1.29, 1.82) is 5.26 Å². The monoisotopic (exact) mass is 523 g/mol. The van der Waals surface area contributed by atoms with Crippen LogP contribution in [0.15, 0.2) is 53.4 Å². The molecule has 1 aliphatic heterocycles. The number of anilines is 1. The maximum absolute atomic E-state index is 9.81. The van der Waals surface area contributed by atoms with E-state index in [1.807, 2.05) is 6.92 Å². The molecule has 1 aromatic heterocycles. The molecule has 36 heavy (non-hydrogen) atoms. The quantitative estimate of drug-likeness (QED) is 0.243. The van der Waals surface area contributed by atoms with Crippen LogP contribution in [0.4, 0.5) is 5.69 Å². The Kier molecular flexibility index (Phi) is 9.07. The van der Waals surface area contributed by atoms with Crippen LogP contribution in [0.5, 0.6) is 0 Å². The smallest absolute Gasteiger partial charge is 0.157 e. The van der Waals surface area contributed by atoms with Crippen molar-refractivity contribution in [1.82, 2.24) is 4.72 Å². The van der Waals surface area contributed by atoms with E-state index in [1.165, 1.54) is 28.4 Å².